The number of benzene rings is 2. The molecule has 3 nitrogen and oxygen atoms in total. The van der Waals surface area contributed by atoms with Gasteiger partial charge < -0.3 is 15.2 Å². The Kier molecular flexibility index (Phi) is 3.80. The second kappa shape index (κ2) is 5.74. The Morgan fingerprint density at radius 2 is 2.14 bits per heavy atom. The zero-order chi connectivity index (χ0) is 14.8. The molecule has 0 fully saturated rings. The van der Waals surface area contributed by atoms with Crippen LogP contribution >= 0.6 is 0 Å². The summed E-state index contributed by atoms with van der Waals surface area (Å²) >= 11 is 0. The van der Waals surface area contributed by atoms with Crippen molar-refractivity contribution in [1.29, 1.82) is 0 Å². The standard InChI is InChI=1S/C17H18FNO2/c1-11-2-4-16(13(6-11)9-19)20-10-15-8-12-7-14(18)3-5-17(12)21-15/h2-7,15H,8-10,19H2,1H3. The van der Waals surface area contributed by atoms with Crippen LogP contribution in [0.2, 0.25) is 0 Å². The number of ether oxygens (including phenoxy) is 2. The molecule has 0 saturated carbocycles. The molecule has 2 aromatic rings. The Bertz CT molecular complexity index is 657. The highest BCUT2D eigenvalue weighted by Crippen LogP contribution is 2.30. The van der Waals surface area contributed by atoms with Crippen molar-refractivity contribution >= 4 is 0 Å². The number of nitrogens with two attached hydrogens (primary N) is 1. The number of hydrogen-bond donors (Lipinski definition) is 1. The minimum atomic E-state index is -0.233. The molecular weight excluding hydrogens is 269 g/mol. The zero-order valence-electron chi connectivity index (χ0n) is 11.9. The largest absolute Gasteiger partial charge is 0.489 e. The lowest BCUT2D eigenvalue weighted by Gasteiger charge is -2.15. The molecule has 2 N–H and O–H groups in total. The van der Waals surface area contributed by atoms with Gasteiger partial charge in [0.15, 0.2) is 0 Å². The van der Waals surface area contributed by atoms with Crippen LogP contribution in [-0.2, 0) is 13.0 Å². The van der Waals surface area contributed by atoms with Crippen molar-refractivity contribution < 1.29 is 13.9 Å². The molecule has 1 aliphatic rings. The van der Waals surface area contributed by atoms with E-state index < -0.39 is 0 Å². The van der Waals surface area contributed by atoms with Crippen LogP contribution in [-0.4, -0.2) is 12.7 Å². The van der Waals surface area contributed by atoms with Gasteiger partial charge in [0.1, 0.15) is 30.0 Å². The molecule has 0 amide bonds. The molecule has 1 aliphatic heterocycles. The zero-order valence-corrected chi connectivity index (χ0v) is 11.9. The molecule has 0 bridgehead atoms. The Morgan fingerprint density at radius 3 is 2.95 bits per heavy atom. The summed E-state index contributed by atoms with van der Waals surface area (Å²) < 4.78 is 24.8. The molecule has 3 rings (SSSR count). The van der Waals surface area contributed by atoms with Gasteiger partial charge in [-0.25, -0.2) is 4.39 Å². The third-order valence-electron chi connectivity index (χ3n) is 3.62. The van der Waals surface area contributed by atoms with Crippen LogP contribution in [0.5, 0.6) is 11.5 Å². The molecular formula is C17H18FNO2. The van der Waals surface area contributed by atoms with Gasteiger partial charge in [-0.15, -0.1) is 0 Å². The van der Waals surface area contributed by atoms with Crippen LogP contribution in [0.15, 0.2) is 36.4 Å². The van der Waals surface area contributed by atoms with Crippen LogP contribution < -0.4 is 15.2 Å². The highest BCUT2D eigenvalue weighted by atomic mass is 19.1. The normalized spacial score (nSPS) is 16.4. The molecule has 1 heterocycles. The molecule has 4 heteroatoms. The summed E-state index contributed by atoms with van der Waals surface area (Å²) in [4.78, 5) is 0. The van der Waals surface area contributed by atoms with Crippen molar-refractivity contribution in [2.24, 2.45) is 5.73 Å². The quantitative estimate of drug-likeness (QED) is 0.940. The van der Waals surface area contributed by atoms with Gasteiger partial charge in [-0.2, -0.15) is 0 Å². The average Bonchev–Trinajstić information content (AvgIpc) is 2.87. The fraction of sp³-hybridized carbons (Fsp3) is 0.294. The summed E-state index contributed by atoms with van der Waals surface area (Å²) in [5, 5.41) is 0. The minimum absolute atomic E-state index is 0.0891. The lowest BCUT2D eigenvalue weighted by atomic mass is 10.1. The van der Waals surface area contributed by atoms with Gasteiger partial charge in [-0.05, 0) is 31.2 Å². The molecule has 0 aliphatic carbocycles. The van der Waals surface area contributed by atoms with Crippen LogP contribution in [0.25, 0.3) is 0 Å². The summed E-state index contributed by atoms with van der Waals surface area (Å²) in [6.45, 7) is 2.88. The van der Waals surface area contributed by atoms with Gasteiger partial charge >= 0.3 is 0 Å². The van der Waals surface area contributed by atoms with Crippen molar-refractivity contribution in [2.75, 3.05) is 6.61 Å². The highest BCUT2D eigenvalue weighted by molar-refractivity contribution is 5.39. The van der Waals surface area contributed by atoms with E-state index in [-0.39, 0.29) is 11.9 Å². The van der Waals surface area contributed by atoms with Crippen molar-refractivity contribution in [3.63, 3.8) is 0 Å². The van der Waals surface area contributed by atoms with Gasteiger partial charge in [0.2, 0.25) is 0 Å². The maximum Gasteiger partial charge on any atom is 0.137 e. The van der Waals surface area contributed by atoms with E-state index in [0.29, 0.717) is 19.6 Å². The van der Waals surface area contributed by atoms with Gasteiger partial charge in [0, 0.05) is 24.1 Å². The van der Waals surface area contributed by atoms with E-state index in [9.17, 15) is 4.39 Å². The molecule has 0 saturated heterocycles. The van der Waals surface area contributed by atoms with Crippen LogP contribution in [0, 0.1) is 12.7 Å². The fourth-order valence-corrected chi connectivity index (χ4v) is 2.57. The average molecular weight is 287 g/mol. The van der Waals surface area contributed by atoms with Crippen molar-refractivity contribution in [2.45, 2.75) is 26.0 Å². The fourth-order valence-electron chi connectivity index (χ4n) is 2.57. The Hall–Kier alpha value is -2.07. The summed E-state index contributed by atoms with van der Waals surface area (Å²) in [7, 11) is 0. The molecule has 21 heavy (non-hydrogen) atoms. The van der Waals surface area contributed by atoms with Crippen molar-refractivity contribution in [3.8, 4) is 11.5 Å². The van der Waals surface area contributed by atoms with Gasteiger partial charge in [-0.1, -0.05) is 17.7 Å². The predicted molar refractivity (Wildman–Crippen MR) is 79.1 cm³/mol. The van der Waals surface area contributed by atoms with E-state index in [1.165, 1.54) is 12.1 Å². The van der Waals surface area contributed by atoms with E-state index in [4.69, 9.17) is 15.2 Å². The topological polar surface area (TPSA) is 44.5 Å². The Balaban J connectivity index is 1.65. The first-order chi connectivity index (χ1) is 10.2. The SMILES string of the molecule is Cc1ccc(OCC2Cc3cc(F)ccc3O2)c(CN)c1. The second-order valence-corrected chi connectivity index (χ2v) is 5.32. The molecule has 0 radical (unpaired) electrons. The molecule has 1 unspecified atom stereocenters. The molecule has 2 aromatic carbocycles. The number of fused-ring (bicyclic) bond motifs is 1. The van der Waals surface area contributed by atoms with E-state index in [1.807, 2.05) is 25.1 Å². The van der Waals surface area contributed by atoms with Gasteiger partial charge in [-0.3, -0.25) is 0 Å². The first-order valence-electron chi connectivity index (χ1n) is 7.03. The lowest BCUT2D eigenvalue weighted by molar-refractivity contribution is 0.148. The van der Waals surface area contributed by atoms with Crippen LogP contribution in [0.4, 0.5) is 4.39 Å². The monoisotopic (exact) mass is 287 g/mol. The number of rotatable bonds is 4. The predicted octanol–water partition coefficient (Wildman–Crippen LogP) is 2.98. The van der Waals surface area contributed by atoms with Crippen LogP contribution in [0.1, 0.15) is 16.7 Å². The highest BCUT2D eigenvalue weighted by Gasteiger charge is 2.24. The van der Waals surface area contributed by atoms with Crippen molar-refractivity contribution in [3.05, 3.63) is 58.9 Å². The first kappa shape index (κ1) is 13.9. The smallest absolute Gasteiger partial charge is 0.137 e. The third kappa shape index (κ3) is 3.00. The van der Waals surface area contributed by atoms with E-state index in [0.717, 1.165) is 28.2 Å². The first-order valence-corrected chi connectivity index (χ1v) is 7.03. The van der Waals surface area contributed by atoms with E-state index in [1.54, 1.807) is 6.07 Å². The van der Waals surface area contributed by atoms with Gasteiger partial charge in [0.05, 0.1) is 0 Å². The summed E-state index contributed by atoms with van der Waals surface area (Å²) in [5.74, 6) is 1.30. The minimum Gasteiger partial charge on any atom is -0.489 e. The van der Waals surface area contributed by atoms with Crippen LogP contribution in [0.3, 0.4) is 0 Å². The number of hydrogen-bond acceptors (Lipinski definition) is 3. The molecule has 0 aromatic heterocycles. The lowest BCUT2D eigenvalue weighted by Crippen LogP contribution is -2.22. The molecule has 1 atom stereocenters. The van der Waals surface area contributed by atoms with Gasteiger partial charge in [0.25, 0.3) is 0 Å². The summed E-state index contributed by atoms with van der Waals surface area (Å²) in [5.41, 5.74) is 8.77. The van der Waals surface area contributed by atoms with Crippen molar-refractivity contribution in [1.82, 2.24) is 0 Å². The maximum atomic E-state index is 13.2. The molecule has 110 valence electrons. The molecule has 0 spiro atoms. The van der Waals surface area contributed by atoms with E-state index in [2.05, 4.69) is 0 Å². The Morgan fingerprint density at radius 1 is 1.29 bits per heavy atom. The third-order valence-corrected chi connectivity index (χ3v) is 3.62. The second-order valence-electron chi connectivity index (χ2n) is 5.32. The summed E-state index contributed by atoms with van der Waals surface area (Å²) in [6.07, 6.45) is 0.574. The number of aryl methyl sites for hydroxylation is 1. The Labute approximate surface area is 123 Å². The number of halogens is 1. The van der Waals surface area contributed by atoms with E-state index >= 15 is 0 Å². The maximum absolute atomic E-state index is 13.2. The summed E-state index contributed by atoms with van der Waals surface area (Å²) in [6, 6.07) is 10.5.